The van der Waals surface area contributed by atoms with Crippen LogP contribution in [0.1, 0.15) is 22.6 Å². The molecular weight excluding hydrogens is 348 g/mol. The molecule has 1 N–H and O–H groups in total. The molecule has 5 nitrogen and oxygen atoms in total. The molecule has 2 heterocycles. The Kier molecular flexibility index (Phi) is 5.24. The van der Waals surface area contributed by atoms with Gasteiger partial charge in [-0.05, 0) is 23.3 Å². The summed E-state index contributed by atoms with van der Waals surface area (Å²) >= 11 is 0. The van der Waals surface area contributed by atoms with Crippen LogP contribution in [0.15, 0.2) is 97.5 Å². The van der Waals surface area contributed by atoms with E-state index in [1.807, 2.05) is 85.1 Å². The van der Waals surface area contributed by atoms with E-state index in [-0.39, 0.29) is 11.8 Å². The van der Waals surface area contributed by atoms with Crippen LogP contribution >= 0.6 is 0 Å². The monoisotopic (exact) mass is 368 g/mol. The maximum atomic E-state index is 13.2. The first-order chi connectivity index (χ1) is 13.8. The topological polar surface area (TPSA) is 59.8 Å². The number of pyridine rings is 1. The molecule has 0 aliphatic rings. The molecule has 2 aromatic heterocycles. The SMILES string of the molecule is O=C(NCc1cccnc1-n1cccn1)C(c1ccccc1)c1ccccc1. The summed E-state index contributed by atoms with van der Waals surface area (Å²) in [4.78, 5) is 17.6. The van der Waals surface area contributed by atoms with Gasteiger partial charge in [0.05, 0.1) is 5.92 Å². The maximum absolute atomic E-state index is 13.2. The second-order valence-electron chi connectivity index (χ2n) is 6.41. The van der Waals surface area contributed by atoms with E-state index in [2.05, 4.69) is 15.4 Å². The fourth-order valence-electron chi connectivity index (χ4n) is 3.24. The van der Waals surface area contributed by atoms with Crippen molar-refractivity contribution in [3.63, 3.8) is 0 Å². The molecule has 0 aliphatic heterocycles. The minimum absolute atomic E-state index is 0.0485. The number of nitrogens with zero attached hydrogens (tertiary/aromatic N) is 3. The molecule has 0 spiro atoms. The summed E-state index contributed by atoms with van der Waals surface area (Å²) in [6.45, 7) is 0.373. The highest BCUT2D eigenvalue weighted by Gasteiger charge is 2.22. The molecule has 0 saturated heterocycles. The predicted molar refractivity (Wildman–Crippen MR) is 108 cm³/mol. The van der Waals surface area contributed by atoms with Crippen LogP contribution in [-0.2, 0) is 11.3 Å². The molecule has 0 radical (unpaired) electrons. The van der Waals surface area contributed by atoms with E-state index < -0.39 is 0 Å². The van der Waals surface area contributed by atoms with Crippen molar-refractivity contribution in [1.29, 1.82) is 0 Å². The first-order valence-electron chi connectivity index (χ1n) is 9.14. The van der Waals surface area contributed by atoms with E-state index in [4.69, 9.17) is 0 Å². The van der Waals surface area contributed by atoms with Gasteiger partial charge >= 0.3 is 0 Å². The molecule has 0 atom stereocenters. The summed E-state index contributed by atoms with van der Waals surface area (Å²) in [6, 6.07) is 25.3. The average molecular weight is 368 g/mol. The minimum Gasteiger partial charge on any atom is -0.351 e. The van der Waals surface area contributed by atoms with E-state index in [9.17, 15) is 4.79 Å². The number of aromatic nitrogens is 3. The van der Waals surface area contributed by atoms with Gasteiger partial charge in [0.1, 0.15) is 0 Å². The number of rotatable bonds is 6. The Morgan fingerprint density at radius 3 is 2.14 bits per heavy atom. The molecule has 1 amide bonds. The second-order valence-corrected chi connectivity index (χ2v) is 6.41. The van der Waals surface area contributed by atoms with E-state index in [1.165, 1.54) is 0 Å². The van der Waals surface area contributed by atoms with Crippen LogP contribution in [0, 0.1) is 0 Å². The lowest BCUT2D eigenvalue weighted by atomic mass is 9.90. The molecule has 0 aliphatic carbocycles. The van der Waals surface area contributed by atoms with Crippen molar-refractivity contribution in [3.8, 4) is 5.82 Å². The summed E-state index contributed by atoms with van der Waals surface area (Å²) in [5, 5.41) is 7.32. The van der Waals surface area contributed by atoms with Crippen molar-refractivity contribution in [1.82, 2.24) is 20.1 Å². The van der Waals surface area contributed by atoms with Crippen molar-refractivity contribution in [2.24, 2.45) is 0 Å². The Labute approximate surface area is 163 Å². The molecule has 4 aromatic rings. The minimum atomic E-state index is -0.368. The van der Waals surface area contributed by atoms with Gasteiger partial charge in [0.25, 0.3) is 0 Å². The fourth-order valence-corrected chi connectivity index (χ4v) is 3.24. The van der Waals surface area contributed by atoms with Crippen molar-refractivity contribution >= 4 is 5.91 Å². The van der Waals surface area contributed by atoms with Gasteiger partial charge in [-0.15, -0.1) is 0 Å². The predicted octanol–water partition coefficient (Wildman–Crippen LogP) is 3.72. The highest BCUT2D eigenvalue weighted by molar-refractivity contribution is 5.87. The van der Waals surface area contributed by atoms with Crippen LogP contribution in [0.25, 0.3) is 5.82 Å². The van der Waals surface area contributed by atoms with E-state index in [0.717, 1.165) is 16.7 Å². The lowest BCUT2D eigenvalue weighted by Crippen LogP contribution is -2.30. The van der Waals surface area contributed by atoms with Crippen LogP contribution < -0.4 is 5.32 Å². The molecule has 4 rings (SSSR count). The largest absolute Gasteiger partial charge is 0.351 e. The van der Waals surface area contributed by atoms with Crippen molar-refractivity contribution in [2.75, 3.05) is 0 Å². The average Bonchev–Trinajstić information content (AvgIpc) is 3.29. The van der Waals surface area contributed by atoms with Crippen LogP contribution in [0.3, 0.4) is 0 Å². The molecular formula is C23H20N4O. The third-order valence-electron chi connectivity index (χ3n) is 4.57. The summed E-state index contributed by atoms with van der Waals surface area (Å²) in [5.41, 5.74) is 2.83. The highest BCUT2D eigenvalue weighted by atomic mass is 16.1. The third-order valence-corrected chi connectivity index (χ3v) is 4.57. The Balaban J connectivity index is 1.58. The smallest absolute Gasteiger partial charge is 0.232 e. The number of nitrogens with one attached hydrogen (secondary N) is 1. The number of carbonyl (C=O) groups excluding carboxylic acids is 1. The molecule has 28 heavy (non-hydrogen) atoms. The Morgan fingerprint density at radius 2 is 1.54 bits per heavy atom. The number of hydrogen-bond acceptors (Lipinski definition) is 3. The maximum Gasteiger partial charge on any atom is 0.232 e. The van der Waals surface area contributed by atoms with Gasteiger partial charge in [-0.3, -0.25) is 4.79 Å². The van der Waals surface area contributed by atoms with Gasteiger partial charge in [0.2, 0.25) is 5.91 Å². The summed E-state index contributed by atoms with van der Waals surface area (Å²) in [7, 11) is 0. The Morgan fingerprint density at radius 1 is 0.857 bits per heavy atom. The molecule has 5 heteroatoms. The fraction of sp³-hybridized carbons (Fsp3) is 0.0870. The molecule has 0 saturated carbocycles. The normalized spacial score (nSPS) is 10.8. The molecule has 0 bridgehead atoms. The van der Waals surface area contributed by atoms with Crippen LogP contribution in [0.4, 0.5) is 0 Å². The van der Waals surface area contributed by atoms with Gasteiger partial charge < -0.3 is 5.32 Å². The van der Waals surface area contributed by atoms with Crippen LogP contribution in [0.5, 0.6) is 0 Å². The quantitative estimate of drug-likeness (QED) is 0.564. The van der Waals surface area contributed by atoms with Crippen LogP contribution in [-0.4, -0.2) is 20.7 Å². The number of hydrogen-bond donors (Lipinski definition) is 1. The standard InChI is InChI=1S/C23H20N4O/c28-23(21(18-9-3-1-4-10-18)19-11-5-2-6-12-19)25-17-20-13-7-14-24-22(20)27-16-8-15-26-27/h1-16,21H,17H2,(H,25,28). The Hall–Kier alpha value is -3.73. The van der Waals surface area contributed by atoms with Gasteiger partial charge in [-0.1, -0.05) is 66.7 Å². The van der Waals surface area contributed by atoms with Gasteiger partial charge in [-0.25, -0.2) is 9.67 Å². The van der Waals surface area contributed by atoms with E-state index in [0.29, 0.717) is 12.4 Å². The van der Waals surface area contributed by atoms with E-state index >= 15 is 0 Å². The van der Waals surface area contributed by atoms with Crippen molar-refractivity contribution in [2.45, 2.75) is 12.5 Å². The highest BCUT2D eigenvalue weighted by Crippen LogP contribution is 2.25. The van der Waals surface area contributed by atoms with E-state index in [1.54, 1.807) is 17.1 Å². The summed E-state index contributed by atoms with van der Waals surface area (Å²) in [5.74, 6) is 0.295. The zero-order chi connectivity index (χ0) is 19.2. The first kappa shape index (κ1) is 17.7. The van der Waals surface area contributed by atoms with Gasteiger partial charge in [0, 0.05) is 30.7 Å². The van der Waals surface area contributed by atoms with Crippen LogP contribution in [0.2, 0.25) is 0 Å². The number of carbonyl (C=O) groups is 1. The van der Waals surface area contributed by atoms with Crippen molar-refractivity contribution in [3.05, 3.63) is 114 Å². The molecule has 0 unspecified atom stereocenters. The summed E-state index contributed by atoms with van der Waals surface area (Å²) < 4.78 is 1.70. The Bertz CT molecular complexity index is 991. The van der Waals surface area contributed by atoms with Crippen molar-refractivity contribution < 1.29 is 4.79 Å². The van der Waals surface area contributed by atoms with Gasteiger partial charge in [-0.2, -0.15) is 5.10 Å². The zero-order valence-electron chi connectivity index (χ0n) is 15.3. The van der Waals surface area contributed by atoms with Gasteiger partial charge in [0.15, 0.2) is 5.82 Å². The summed E-state index contributed by atoms with van der Waals surface area (Å²) in [6.07, 6.45) is 5.27. The zero-order valence-corrected chi connectivity index (χ0v) is 15.3. The third kappa shape index (κ3) is 3.83. The molecule has 2 aromatic carbocycles. The first-order valence-corrected chi connectivity index (χ1v) is 9.14. The lowest BCUT2D eigenvalue weighted by molar-refractivity contribution is -0.121. The number of benzene rings is 2. The second kappa shape index (κ2) is 8.31. The number of amides is 1. The molecule has 138 valence electrons. The molecule has 0 fully saturated rings. The lowest BCUT2D eigenvalue weighted by Gasteiger charge is -2.18.